The fraction of sp³-hybridized carbons (Fsp3) is 0.278. The van der Waals surface area contributed by atoms with Crippen LogP contribution in [0.1, 0.15) is 33.1 Å². The number of ketones is 1. The van der Waals surface area contributed by atoms with Gasteiger partial charge in [0.2, 0.25) is 0 Å². The highest BCUT2D eigenvalue weighted by molar-refractivity contribution is 7.99. The van der Waals surface area contributed by atoms with Gasteiger partial charge in [-0.15, -0.1) is 0 Å². The van der Waals surface area contributed by atoms with Gasteiger partial charge in [-0.2, -0.15) is 0 Å². The van der Waals surface area contributed by atoms with E-state index in [9.17, 15) is 4.79 Å². The molecule has 0 N–H and O–H groups in total. The van der Waals surface area contributed by atoms with Gasteiger partial charge in [0, 0.05) is 29.2 Å². The lowest BCUT2D eigenvalue weighted by molar-refractivity contribution is 0.102. The molecule has 0 aliphatic carbocycles. The molecular weight excluding hydrogens is 322 g/mol. The van der Waals surface area contributed by atoms with E-state index in [1.807, 2.05) is 62.7 Å². The summed E-state index contributed by atoms with van der Waals surface area (Å²) < 4.78 is 7.09. The Morgan fingerprint density at radius 2 is 2.00 bits per heavy atom. The van der Waals surface area contributed by atoms with Gasteiger partial charge in [0.15, 0.2) is 11.6 Å². The molecule has 0 atom stereocenters. The van der Waals surface area contributed by atoms with Crippen LogP contribution in [0.5, 0.6) is 0 Å². The van der Waals surface area contributed by atoms with E-state index < -0.39 is 0 Å². The molecule has 0 aliphatic rings. The average molecular weight is 341 g/mol. The van der Waals surface area contributed by atoms with Gasteiger partial charge in [0.05, 0.1) is 10.8 Å². The summed E-state index contributed by atoms with van der Waals surface area (Å²) in [6.07, 6.45) is 1.81. The van der Waals surface area contributed by atoms with E-state index >= 15 is 0 Å². The first-order chi connectivity index (χ1) is 11.5. The Hall–Kier alpha value is -2.34. The first kappa shape index (κ1) is 16.5. The second-order valence-electron chi connectivity index (χ2n) is 5.80. The highest BCUT2D eigenvalue weighted by atomic mass is 32.2. The van der Waals surface area contributed by atoms with Crippen LogP contribution in [-0.4, -0.2) is 26.2 Å². The number of carbonyl (C=O) groups excluding carboxylic acids is 1. The summed E-state index contributed by atoms with van der Waals surface area (Å²) in [5, 5.41) is 4.90. The monoisotopic (exact) mass is 341 g/mol. The fourth-order valence-electron chi connectivity index (χ4n) is 2.61. The first-order valence-corrected chi connectivity index (χ1v) is 8.65. The van der Waals surface area contributed by atoms with Crippen molar-refractivity contribution in [1.82, 2.24) is 14.7 Å². The molecule has 124 valence electrons. The quantitative estimate of drug-likeness (QED) is 0.517. The molecule has 3 rings (SSSR count). The Labute approximate surface area is 145 Å². The van der Waals surface area contributed by atoms with Gasteiger partial charge in [0.25, 0.3) is 0 Å². The van der Waals surface area contributed by atoms with Crippen LogP contribution in [0.4, 0.5) is 0 Å². The van der Waals surface area contributed by atoms with E-state index in [1.54, 1.807) is 0 Å². The molecule has 0 bridgehead atoms. The lowest BCUT2D eigenvalue weighted by Gasteiger charge is -2.05. The van der Waals surface area contributed by atoms with Crippen molar-refractivity contribution in [2.75, 3.05) is 5.75 Å². The van der Waals surface area contributed by atoms with Crippen LogP contribution < -0.4 is 0 Å². The number of hydrogen-bond donors (Lipinski definition) is 0. The van der Waals surface area contributed by atoms with Crippen LogP contribution in [0.15, 0.2) is 40.0 Å². The highest BCUT2D eigenvalue weighted by Gasteiger charge is 2.18. The van der Waals surface area contributed by atoms with Gasteiger partial charge < -0.3 is 4.52 Å². The maximum atomic E-state index is 12.6. The lowest BCUT2D eigenvalue weighted by Crippen LogP contribution is -2.06. The maximum Gasteiger partial charge on any atom is 0.180 e. The highest BCUT2D eigenvalue weighted by Crippen LogP contribution is 2.23. The number of carbonyl (C=O) groups is 1. The van der Waals surface area contributed by atoms with Crippen molar-refractivity contribution >= 4 is 17.5 Å². The van der Waals surface area contributed by atoms with Crippen LogP contribution >= 0.6 is 11.8 Å². The number of Topliss-reactive ketones (excluding diaryl/α,β-unsaturated/α-hetero) is 1. The van der Waals surface area contributed by atoms with Crippen LogP contribution in [0.25, 0.3) is 5.82 Å². The summed E-state index contributed by atoms with van der Waals surface area (Å²) in [4.78, 5) is 16.9. The Balaban J connectivity index is 1.79. The van der Waals surface area contributed by atoms with Crippen LogP contribution in [-0.2, 0) is 0 Å². The van der Waals surface area contributed by atoms with Gasteiger partial charge in [-0.1, -0.05) is 23.0 Å². The second kappa shape index (κ2) is 6.65. The molecular formula is C18H19N3O2S. The molecule has 6 heteroatoms. The topological polar surface area (TPSA) is 60.9 Å². The molecule has 0 fully saturated rings. The Morgan fingerprint density at radius 1 is 1.21 bits per heavy atom. The van der Waals surface area contributed by atoms with E-state index in [1.165, 1.54) is 11.8 Å². The molecule has 0 radical (unpaired) electrons. The number of rotatable bonds is 5. The predicted molar refractivity (Wildman–Crippen MR) is 94.1 cm³/mol. The third-order valence-corrected chi connectivity index (χ3v) is 4.76. The fourth-order valence-corrected chi connectivity index (χ4v) is 3.34. The maximum absolute atomic E-state index is 12.6. The van der Waals surface area contributed by atoms with Crippen LogP contribution in [0, 0.1) is 27.7 Å². The summed E-state index contributed by atoms with van der Waals surface area (Å²) in [5.41, 5.74) is 3.66. The number of nitrogens with zero attached hydrogens (tertiary/aromatic N) is 3. The molecule has 0 aliphatic heterocycles. The summed E-state index contributed by atoms with van der Waals surface area (Å²) >= 11 is 1.45. The number of thioether (sulfide) groups is 1. The van der Waals surface area contributed by atoms with Crippen molar-refractivity contribution < 1.29 is 9.32 Å². The average Bonchev–Trinajstić information content (AvgIpc) is 3.09. The van der Waals surface area contributed by atoms with Gasteiger partial charge in [0.1, 0.15) is 5.76 Å². The molecule has 3 aromatic heterocycles. The Kier molecular flexibility index (Phi) is 4.57. The predicted octanol–water partition coefficient (Wildman–Crippen LogP) is 4.07. The molecule has 0 unspecified atom stereocenters. The molecule has 0 amide bonds. The number of aryl methyl sites for hydroxylation is 3. The van der Waals surface area contributed by atoms with Gasteiger partial charge in [-0.05, 0) is 45.4 Å². The third-order valence-electron chi connectivity index (χ3n) is 3.81. The van der Waals surface area contributed by atoms with Gasteiger partial charge >= 0.3 is 0 Å². The van der Waals surface area contributed by atoms with E-state index in [4.69, 9.17) is 4.52 Å². The normalized spacial score (nSPS) is 11.0. The number of hydrogen-bond acceptors (Lipinski definition) is 5. The molecule has 3 heterocycles. The summed E-state index contributed by atoms with van der Waals surface area (Å²) in [5.74, 6) is 1.89. The molecule has 24 heavy (non-hydrogen) atoms. The van der Waals surface area contributed by atoms with Crippen molar-refractivity contribution in [2.45, 2.75) is 32.7 Å². The van der Waals surface area contributed by atoms with Crippen LogP contribution in [0.2, 0.25) is 0 Å². The lowest BCUT2D eigenvalue weighted by atomic mass is 10.2. The number of pyridine rings is 1. The van der Waals surface area contributed by atoms with Crippen LogP contribution in [0.3, 0.4) is 0 Å². The minimum Gasteiger partial charge on any atom is -0.360 e. The minimum absolute atomic E-state index is 0.0851. The van der Waals surface area contributed by atoms with E-state index in [2.05, 4.69) is 10.1 Å². The second-order valence-corrected chi connectivity index (χ2v) is 6.80. The molecule has 0 aromatic carbocycles. The zero-order valence-corrected chi connectivity index (χ0v) is 15.0. The molecule has 0 spiro atoms. The van der Waals surface area contributed by atoms with Gasteiger partial charge in [-0.3, -0.25) is 9.36 Å². The SMILES string of the molecule is Cc1ccc(SCC(=O)c2cc(C)n(-c3cc(C)on3)c2C)nc1. The Bertz CT molecular complexity index is 878. The molecule has 5 nitrogen and oxygen atoms in total. The largest absolute Gasteiger partial charge is 0.360 e. The first-order valence-electron chi connectivity index (χ1n) is 7.67. The third kappa shape index (κ3) is 3.28. The zero-order valence-electron chi connectivity index (χ0n) is 14.2. The minimum atomic E-state index is 0.0851. The van der Waals surface area contributed by atoms with Crippen molar-refractivity contribution in [3.8, 4) is 5.82 Å². The smallest absolute Gasteiger partial charge is 0.180 e. The van der Waals surface area contributed by atoms with Crippen molar-refractivity contribution in [3.63, 3.8) is 0 Å². The van der Waals surface area contributed by atoms with Crippen molar-refractivity contribution in [3.05, 3.63) is 58.7 Å². The molecule has 0 saturated carbocycles. The van der Waals surface area contributed by atoms with E-state index in [0.717, 1.165) is 27.7 Å². The van der Waals surface area contributed by atoms with E-state index in [-0.39, 0.29) is 5.78 Å². The van der Waals surface area contributed by atoms with Crippen molar-refractivity contribution in [2.24, 2.45) is 0 Å². The van der Waals surface area contributed by atoms with Gasteiger partial charge in [-0.25, -0.2) is 4.98 Å². The van der Waals surface area contributed by atoms with Crippen molar-refractivity contribution in [1.29, 1.82) is 0 Å². The summed E-state index contributed by atoms with van der Waals surface area (Å²) in [6.45, 7) is 7.73. The summed E-state index contributed by atoms with van der Waals surface area (Å²) in [7, 11) is 0. The molecule has 0 saturated heterocycles. The zero-order chi connectivity index (χ0) is 17.3. The Morgan fingerprint density at radius 3 is 2.62 bits per heavy atom. The summed E-state index contributed by atoms with van der Waals surface area (Å²) in [6, 6.07) is 7.71. The number of aromatic nitrogens is 3. The van der Waals surface area contributed by atoms with E-state index in [0.29, 0.717) is 17.1 Å². The standard InChI is InChI=1S/C18H19N3O2S/c1-11-5-6-18(19-9-11)24-10-16(22)15-7-12(2)21(14(15)4)17-8-13(3)23-20-17/h5-9H,10H2,1-4H3. The molecule has 3 aromatic rings.